The Labute approximate surface area is 291 Å². The molecule has 49 heavy (non-hydrogen) atoms. The number of hydrogen-bond acceptors (Lipinski definition) is 10. The lowest BCUT2D eigenvalue weighted by molar-refractivity contribution is -0.363. The Balaban J connectivity index is 1.60. The molecule has 1 spiro atoms. The molecule has 0 amide bonds. The summed E-state index contributed by atoms with van der Waals surface area (Å²) < 4.78 is 37.6. The van der Waals surface area contributed by atoms with E-state index in [0.717, 1.165) is 16.7 Å². The molecular weight excluding hydrogens is 628 g/mol. The molecule has 272 valence electrons. The molecule has 0 aromatic carbocycles. The number of ether oxygens (including phenoxy) is 6. The summed E-state index contributed by atoms with van der Waals surface area (Å²) in [6, 6.07) is 0. The molecule has 2 N–H and O–H groups in total. The first kappa shape index (κ1) is 37.7. The summed E-state index contributed by atoms with van der Waals surface area (Å²) in [5.41, 5.74) is 1.44. The maximum Gasteiger partial charge on any atom is 0.316 e. The molecule has 0 unspecified atom stereocenters. The van der Waals surface area contributed by atoms with Crippen LogP contribution in [0, 0.1) is 23.7 Å². The molecule has 2 bridgehead atoms. The fourth-order valence-corrected chi connectivity index (χ4v) is 8.13. The SMILES string of the molecule is C/C=C(\C)[C@H]1O[C@@]2(C[C@@H]3C[C@@H](C/C=C(\C)[C@H](OC(=O)C(C)C)[C@@H](C)/C=C/C=C4\CO[C@@H]5[C@H](OC)C(C)=C[C@@H](C(=O)O3)[C@]45O)O2)[C@H](O)C[C@@H]1C. The standard InChI is InChI=1S/C39H56O10/c1-10-22(4)33-26(8)17-31(40)38(49-33)19-29-18-28(48-38)15-14-24(6)32(47-36(41)21(2)3)23(5)12-11-13-27-20-45-35-34(44-9)25(7)16-30(37(42)46-29)39(27,35)43/h10-14,16,21,23,26,28-35,40,43H,15,17-20H2,1-9H3/b12-11+,22-10+,24-14+,27-13+/t23-,26-,28+,29-,30-,31+,32+,33+,34+,35+,38-,39+/m0/s1. The third kappa shape index (κ3) is 7.28. The molecule has 0 saturated carbocycles. The Bertz CT molecular complexity index is 1410. The number of hydrogen-bond donors (Lipinski definition) is 2. The van der Waals surface area contributed by atoms with Gasteiger partial charge in [-0.3, -0.25) is 9.59 Å². The van der Waals surface area contributed by atoms with E-state index in [9.17, 15) is 19.8 Å². The van der Waals surface area contributed by atoms with Crippen LogP contribution in [0.15, 0.2) is 58.7 Å². The average molecular weight is 685 g/mol. The van der Waals surface area contributed by atoms with Crippen LogP contribution in [0.5, 0.6) is 0 Å². The molecule has 1 aliphatic carbocycles. The molecule has 5 aliphatic rings. The van der Waals surface area contributed by atoms with Crippen molar-refractivity contribution >= 4 is 11.9 Å². The van der Waals surface area contributed by atoms with Crippen molar-refractivity contribution in [2.75, 3.05) is 13.7 Å². The van der Waals surface area contributed by atoms with Gasteiger partial charge in [0.1, 0.15) is 42.0 Å². The molecule has 0 radical (unpaired) electrons. The summed E-state index contributed by atoms with van der Waals surface area (Å²) in [7, 11) is 1.56. The minimum atomic E-state index is -1.73. The number of aliphatic hydroxyl groups is 2. The molecule has 10 heteroatoms. The van der Waals surface area contributed by atoms with Crippen molar-refractivity contribution in [3.05, 3.63) is 58.7 Å². The van der Waals surface area contributed by atoms with Crippen LogP contribution < -0.4 is 0 Å². The Morgan fingerprint density at radius 3 is 2.51 bits per heavy atom. The third-order valence-electron chi connectivity index (χ3n) is 11.1. The van der Waals surface area contributed by atoms with E-state index in [1.54, 1.807) is 33.1 Å². The molecule has 4 aliphatic heterocycles. The number of carbonyl (C=O) groups excluding carboxylic acids is 2. The predicted octanol–water partition coefficient (Wildman–Crippen LogP) is 5.28. The maximum absolute atomic E-state index is 14.3. The zero-order valence-corrected chi connectivity index (χ0v) is 30.5. The van der Waals surface area contributed by atoms with Crippen LogP contribution in [0.25, 0.3) is 0 Å². The highest BCUT2D eigenvalue weighted by Crippen LogP contribution is 2.48. The first-order chi connectivity index (χ1) is 23.1. The maximum atomic E-state index is 14.3. The van der Waals surface area contributed by atoms with Crippen molar-refractivity contribution in [2.45, 2.75) is 135 Å². The van der Waals surface area contributed by atoms with Gasteiger partial charge in [0.2, 0.25) is 0 Å². The van der Waals surface area contributed by atoms with Gasteiger partial charge in [0.15, 0.2) is 5.79 Å². The van der Waals surface area contributed by atoms with Crippen LogP contribution in [-0.2, 0) is 38.0 Å². The van der Waals surface area contributed by atoms with Crippen LogP contribution in [-0.4, -0.2) is 90.0 Å². The smallest absolute Gasteiger partial charge is 0.316 e. The topological polar surface area (TPSA) is 130 Å². The van der Waals surface area contributed by atoms with Gasteiger partial charge >= 0.3 is 11.9 Å². The minimum absolute atomic E-state index is 0.0447. The molecular formula is C39H56O10. The van der Waals surface area contributed by atoms with Gasteiger partial charge in [0, 0.05) is 25.9 Å². The Morgan fingerprint density at radius 2 is 1.84 bits per heavy atom. The summed E-state index contributed by atoms with van der Waals surface area (Å²) in [6.07, 6.45) is 8.25. The Kier molecular flexibility index (Phi) is 11.5. The van der Waals surface area contributed by atoms with E-state index in [1.807, 2.05) is 65.8 Å². The summed E-state index contributed by atoms with van der Waals surface area (Å²) in [4.78, 5) is 27.1. The molecule has 3 saturated heterocycles. The van der Waals surface area contributed by atoms with Gasteiger partial charge in [-0.05, 0) is 68.7 Å². The van der Waals surface area contributed by atoms with Crippen LogP contribution in [0.4, 0.5) is 0 Å². The molecule has 3 fully saturated rings. The monoisotopic (exact) mass is 684 g/mol. The van der Waals surface area contributed by atoms with Gasteiger partial charge in [0.25, 0.3) is 0 Å². The van der Waals surface area contributed by atoms with Gasteiger partial charge in [-0.1, -0.05) is 64.2 Å². The van der Waals surface area contributed by atoms with Crippen molar-refractivity contribution < 1.29 is 48.2 Å². The van der Waals surface area contributed by atoms with E-state index in [4.69, 9.17) is 28.4 Å². The molecule has 0 aromatic heterocycles. The van der Waals surface area contributed by atoms with E-state index >= 15 is 0 Å². The zero-order valence-electron chi connectivity index (χ0n) is 30.5. The van der Waals surface area contributed by atoms with Crippen LogP contribution >= 0.6 is 0 Å². The second kappa shape index (κ2) is 14.9. The fraction of sp³-hybridized carbons (Fsp3) is 0.692. The largest absolute Gasteiger partial charge is 0.462 e. The first-order valence-electron chi connectivity index (χ1n) is 17.8. The van der Waals surface area contributed by atoms with Crippen LogP contribution in [0.3, 0.4) is 0 Å². The normalized spacial score (nSPS) is 44.6. The quantitative estimate of drug-likeness (QED) is 0.298. The second-order valence-electron chi connectivity index (χ2n) is 15.1. The number of esters is 2. The average Bonchev–Trinajstić information content (AvgIpc) is 3.39. The lowest BCUT2D eigenvalue weighted by Gasteiger charge is -2.52. The lowest BCUT2D eigenvalue weighted by atomic mass is 9.70. The Morgan fingerprint density at radius 1 is 1.10 bits per heavy atom. The molecule has 5 rings (SSSR count). The van der Waals surface area contributed by atoms with Crippen molar-refractivity contribution in [3.63, 3.8) is 0 Å². The van der Waals surface area contributed by atoms with Crippen molar-refractivity contribution in [3.8, 4) is 0 Å². The van der Waals surface area contributed by atoms with E-state index in [2.05, 4.69) is 0 Å². The molecule has 10 nitrogen and oxygen atoms in total. The van der Waals surface area contributed by atoms with Crippen LogP contribution in [0.1, 0.15) is 81.1 Å². The van der Waals surface area contributed by atoms with Gasteiger partial charge in [-0.2, -0.15) is 0 Å². The second-order valence-corrected chi connectivity index (χ2v) is 15.1. The third-order valence-corrected chi connectivity index (χ3v) is 11.1. The molecule has 4 heterocycles. The summed E-state index contributed by atoms with van der Waals surface area (Å²) >= 11 is 0. The minimum Gasteiger partial charge on any atom is -0.462 e. The van der Waals surface area contributed by atoms with Gasteiger partial charge in [-0.15, -0.1) is 0 Å². The summed E-state index contributed by atoms with van der Waals surface area (Å²) in [5, 5.41) is 24.1. The number of methoxy groups -OCH3 is 1. The Hall–Kier alpha value is -2.60. The van der Waals surface area contributed by atoms with E-state index in [0.29, 0.717) is 24.8 Å². The van der Waals surface area contributed by atoms with Gasteiger partial charge in [0.05, 0.1) is 24.7 Å². The number of rotatable bonds is 4. The summed E-state index contributed by atoms with van der Waals surface area (Å²) in [5.74, 6) is -3.85. The van der Waals surface area contributed by atoms with E-state index in [1.165, 1.54) is 0 Å². The van der Waals surface area contributed by atoms with Crippen molar-refractivity contribution in [2.24, 2.45) is 23.7 Å². The van der Waals surface area contributed by atoms with E-state index in [-0.39, 0.29) is 42.9 Å². The number of fused-ring (bicyclic) bond motifs is 2. The number of allylic oxidation sites excluding steroid dienone is 3. The molecule has 0 aromatic rings. The number of carbonyl (C=O) groups is 2. The van der Waals surface area contributed by atoms with E-state index < -0.39 is 59.9 Å². The summed E-state index contributed by atoms with van der Waals surface area (Å²) in [6.45, 7) is 15.5. The van der Waals surface area contributed by atoms with Crippen molar-refractivity contribution in [1.29, 1.82) is 0 Å². The van der Waals surface area contributed by atoms with Gasteiger partial charge < -0.3 is 38.6 Å². The number of aliphatic hydroxyl groups excluding tert-OH is 1. The van der Waals surface area contributed by atoms with Crippen LogP contribution in [0.2, 0.25) is 0 Å². The highest BCUT2D eigenvalue weighted by molar-refractivity contribution is 5.78. The highest BCUT2D eigenvalue weighted by Gasteiger charge is 2.61. The lowest BCUT2D eigenvalue weighted by Crippen LogP contribution is -2.62. The van der Waals surface area contributed by atoms with Gasteiger partial charge in [-0.25, -0.2) is 0 Å². The first-order valence-corrected chi connectivity index (χ1v) is 17.8. The molecule has 12 atom stereocenters. The fourth-order valence-electron chi connectivity index (χ4n) is 8.13. The predicted molar refractivity (Wildman–Crippen MR) is 183 cm³/mol. The van der Waals surface area contributed by atoms with Crippen molar-refractivity contribution in [1.82, 2.24) is 0 Å². The zero-order chi connectivity index (χ0) is 35.8. The highest BCUT2D eigenvalue weighted by atomic mass is 16.7.